The Bertz CT molecular complexity index is 1290. The number of hydrazone groups is 1. The molecule has 0 saturated heterocycles. The van der Waals surface area contributed by atoms with Gasteiger partial charge in [-0.15, -0.1) is 0 Å². The van der Waals surface area contributed by atoms with Crippen LogP contribution in [0.25, 0.3) is 22.0 Å². The van der Waals surface area contributed by atoms with Gasteiger partial charge in [0.1, 0.15) is 11.4 Å². The van der Waals surface area contributed by atoms with Gasteiger partial charge in [-0.25, -0.2) is 5.43 Å². The van der Waals surface area contributed by atoms with E-state index in [9.17, 15) is 9.90 Å². The predicted octanol–water partition coefficient (Wildman–Crippen LogP) is 4.19. The van der Waals surface area contributed by atoms with E-state index < -0.39 is 0 Å². The maximum absolute atomic E-state index is 12.5. The van der Waals surface area contributed by atoms with Gasteiger partial charge in [0.2, 0.25) is 0 Å². The van der Waals surface area contributed by atoms with Crippen LogP contribution in [0.2, 0.25) is 0 Å². The summed E-state index contributed by atoms with van der Waals surface area (Å²) in [6, 6.07) is 19.0. The van der Waals surface area contributed by atoms with E-state index in [0.717, 1.165) is 29.7 Å². The fourth-order valence-electron chi connectivity index (χ4n) is 4.01. The van der Waals surface area contributed by atoms with E-state index in [1.807, 2.05) is 0 Å². The molecule has 1 aliphatic rings. The number of phenolic OH excluding ortho intramolecular Hbond substituents is 1. The number of phenols is 1. The van der Waals surface area contributed by atoms with Crippen LogP contribution >= 0.6 is 0 Å². The zero-order chi connectivity index (χ0) is 20.7. The number of nitrogens with one attached hydrogen (secondary N) is 2. The van der Waals surface area contributed by atoms with Crippen molar-refractivity contribution in [1.82, 2.24) is 15.6 Å². The number of aromatic hydroxyl groups is 1. The van der Waals surface area contributed by atoms with Crippen molar-refractivity contribution >= 4 is 22.4 Å². The molecule has 3 N–H and O–H groups in total. The Hall–Kier alpha value is -3.93. The number of aromatic nitrogens is 2. The minimum absolute atomic E-state index is 0.184. The summed E-state index contributed by atoms with van der Waals surface area (Å²) < 4.78 is 0. The van der Waals surface area contributed by atoms with Gasteiger partial charge in [0.15, 0.2) is 0 Å². The molecule has 6 heteroatoms. The molecule has 30 heavy (non-hydrogen) atoms. The molecule has 0 fully saturated rings. The molecule has 1 aromatic heterocycles. The standard InChI is InChI=1S/C24H20N4O2/c1-14(15-7-10-18(29)11-8-15)25-28-24(30)22-13-21(26-27-22)19-12-9-17-6-5-16-3-2-4-20(19)23(16)17/h2-4,7-13,29H,5-6H2,1H3,(H,26,27)(H,28,30). The second-order valence-corrected chi connectivity index (χ2v) is 7.46. The molecule has 1 heterocycles. The van der Waals surface area contributed by atoms with Crippen LogP contribution in [0, 0.1) is 0 Å². The summed E-state index contributed by atoms with van der Waals surface area (Å²) in [7, 11) is 0. The van der Waals surface area contributed by atoms with Gasteiger partial charge < -0.3 is 5.11 Å². The van der Waals surface area contributed by atoms with Crippen molar-refractivity contribution in [3.8, 4) is 17.0 Å². The highest BCUT2D eigenvalue weighted by Crippen LogP contribution is 2.36. The maximum Gasteiger partial charge on any atom is 0.289 e. The number of H-pyrrole nitrogens is 1. The molecule has 0 bridgehead atoms. The number of carbonyl (C=O) groups is 1. The van der Waals surface area contributed by atoms with Crippen molar-refractivity contribution in [3.05, 3.63) is 83.0 Å². The van der Waals surface area contributed by atoms with Crippen molar-refractivity contribution in [1.29, 1.82) is 0 Å². The molecular weight excluding hydrogens is 376 g/mol. The first kappa shape index (κ1) is 18.1. The summed E-state index contributed by atoms with van der Waals surface area (Å²) >= 11 is 0. The molecule has 0 atom stereocenters. The maximum atomic E-state index is 12.5. The molecule has 1 amide bonds. The van der Waals surface area contributed by atoms with E-state index in [4.69, 9.17) is 0 Å². The Morgan fingerprint density at radius 2 is 1.83 bits per heavy atom. The first-order valence-electron chi connectivity index (χ1n) is 9.83. The lowest BCUT2D eigenvalue weighted by molar-refractivity contribution is 0.0950. The van der Waals surface area contributed by atoms with Gasteiger partial charge >= 0.3 is 0 Å². The van der Waals surface area contributed by atoms with Crippen molar-refractivity contribution in [2.45, 2.75) is 19.8 Å². The molecular formula is C24H20N4O2. The van der Waals surface area contributed by atoms with Gasteiger partial charge in [0.25, 0.3) is 5.91 Å². The molecule has 0 spiro atoms. The molecule has 3 aromatic carbocycles. The van der Waals surface area contributed by atoms with Crippen LogP contribution in [-0.4, -0.2) is 26.9 Å². The number of aryl methyl sites for hydroxylation is 2. The molecule has 0 radical (unpaired) electrons. The van der Waals surface area contributed by atoms with E-state index in [1.54, 1.807) is 37.3 Å². The van der Waals surface area contributed by atoms with Gasteiger partial charge in [-0.2, -0.15) is 10.2 Å². The zero-order valence-electron chi connectivity index (χ0n) is 16.4. The third-order valence-electron chi connectivity index (χ3n) is 5.59. The number of aromatic amines is 1. The number of amides is 1. The first-order chi connectivity index (χ1) is 14.6. The Labute approximate surface area is 173 Å². The molecule has 0 aliphatic heterocycles. The molecule has 6 nitrogen and oxygen atoms in total. The smallest absolute Gasteiger partial charge is 0.289 e. The zero-order valence-corrected chi connectivity index (χ0v) is 16.4. The third kappa shape index (κ3) is 3.12. The fraction of sp³-hybridized carbons (Fsp3) is 0.125. The molecule has 0 saturated carbocycles. The Morgan fingerprint density at radius 1 is 1.07 bits per heavy atom. The minimum Gasteiger partial charge on any atom is -0.508 e. The van der Waals surface area contributed by atoms with Crippen molar-refractivity contribution in [3.63, 3.8) is 0 Å². The van der Waals surface area contributed by atoms with Crippen molar-refractivity contribution in [2.75, 3.05) is 0 Å². The summed E-state index contributed by atoms with van der Waals surface area (Å²) in [5.41, 5.74) is 8.83. The number of hydrogen-bond donors (Lipinski definition) is 3. The van der Waals surface area contributed by atoms with Crippen molar-refractivity contribution < 1.29 is 9.90 Å². The van der Waals surface area contributed by atoms with Crippen LogP contribution < -0.4 is 5.43 Å². The summed E-state index contributed by atoms with van der Waals surface area (Å²) in [5, 5.41) is 23.2. The number of nitrogens with zero attached hydrogens (tertiary/aromatic N) is 2. The Morgan fingerprint density at radius 3 is 2.63 bits per heavy atom. The molecule has 5 rings (SSSR count). The van der Waals surface area contributed by atoms with E-state index in [0.29, 0.717) is 11.4 Å². The normalized spacial score (nSPS) is 13.0. The average molecular weight is 396 g/mol. The van der Waals surface area contributed by atoms with E-state index in [2.05, 4.69) is 51.1 Å². The number of carbonyl (C=O) groups excluding carboxylic acids is 1. The summed E-state index contributed by atoms with van der Waals surface area (Å²) in [4.78, 5) is 12.5. The number of hydrogen-bond acceptors (Lipinski definition) is 4. The highest BCUT2D eigenvalue weighted by molar-refractivity contribution is 6.03. The van der Waals surface area contributed by atoms with Crippen LogP contribution in [0.5, 0.6) is 5.75 Å². The topological polar surface area (TPSA) is 90.4 Å². The first-order valence-corrected chi connectivity index (χ1v) is 9.83. The van der Waals surface area contributed by atoms with Gasteiger partial charge in [-0.1, -0.05) is 30.3 Å². The highest BCUT2D eigenvalue weighted by Gasteiger charge is 2.18. The Kier molecular flexibility index (Phi) is 4.32. The Balaban J connectivity index is 1.40. The molecule has 1 aliphatic carbocycles. The second kappa shape index (κ2) is 7.15. The van der Waals surface area contributed by atoms with Gasteiger partial charge in [0.05, 0.1) is 11.4 Å². The second-order valence-electron chi connectivity index (χ2n) is 7.46. The lowest BCUT2D eigenvalue weighted by Gasteiger charge is -2.06. The van der Waals surface area contributed by atoms with Crippen molar-refractivity contribution in [2.24, 2.45) is 5.10 Å². The van der Waals surface area contributed by atoms with Gasteiger partial charge in [0, 0.05) is 5.56 Å². The minimum atomic E-state index is -0.363. The number of rotatable bonds is 4. The van der Waals surface area contributed by atoms with Gasteiger partial charge in [-0.05, 0) is 77.6 Å². The van der Waals surface area contributed by atoms with Crippen LogP contribution in [0.15, 0.2) is 65.8 Å². The number of benzene rings is 3. The third-order valence-corrected chi connectivity index (χ3v) is 5.59. The van der Waals surface area contributed by atoms with Crippen LogP contribution in [0.1, 0.15) is 34.1 Å². The summed E-state index contributed by atoms with van der Waals surface area (Å²) in [6.07, 6.45) is 2.14. The van der Waals surface area contributed by atoms with E-state index >= 15 is 0 Å². The van der Waals surface area contributed by atoms with E-state index in [-0.39, 0.29) is 11.7 Å². The molecule has 4 aromatic rings. The van der Waals surface area contributed by atoms with Crippen LogP contribution in [0.3, 0.4) is 0 Å². The fourth-order valence-corrected chi connectivity index (χ4v) is 4.01. The summed E-state index contributed by atoms with van der Waals surface area (Å²) in [6.45, 7) is 1.79. The van der Waals surface area contributed by atoms with Crippen LogP contribution in [0.4, 0.5) is 0 Å². The lowest BCUT2D eigenvalue weighted by Crippen LogP contribution is -2.19. The predicted molar refractivity (Wildman–Crippen MR) is 117 cm³/mol. The van der Waals surface area contributed by atoms with E-state index in [1.165, 1.54) is 21.9 Å². The summed E-state index contributed by atoms with van der Waals surface area (Å²) in [5.74, 6) is -0.179. The quantitative estimate of drug-likeness (QED) is 0.357. The van der Waals surface area contributed by atoms with Gasteiger partial charge in [-0.3, -0.25) is 9.89 Å². The largest absolute Gasteiger partial charge is 0.508 e. The molecule has 0 unspecified atom stereocenters. The highest BCUT2D eigenvalue weighted by atomic mass is 16.3. The average Bonchev–Trinajstić information content (AvgIpc) is 3.42. The lowest BCUT2D eigenvalue weighted by atomic mass is 9.98. The SMILES string of the molecule is CC(=NNC(=O)c1cc(-c2ccc3c4c(cccc24)CC3)n[nH]1)c1ccc(O)cc1. The monoisotopic (exact) mass is 396 g/mol. The molecule has 148 valence electrons. The van der Waals surface area contributed by atoms with Crippen LogP contribution in [-0.2, 0) is 12.8 Å².